The summed E-state index contributed by atoms with van der Waals surface area (Å²) < 4.78 is 38.6. The predicted octanol–water partition coefficient (Wildman–Crippen LogP) is 0.855. The minimum absolute atomic E-state index is 0.190. The number of hydrogen-bond donors (Lipinski definition) is 2. The smallest absolute Gasteiger partial charge is 0.215 e. The van der Waals surface area contributed by atoms with Gasteiger partial charge in [0.05, 0.1) is 5.75 Å². The molecule has 6 heteroatoms. The summed E-state index contributed by atoms with van der Waals surface area (Å²) in [6.45, 7) is 1.14. The van der Waals surface area contributed by atoms with Gasteiger partial charge in [0.25, 0.3) is 0 Å². The summed E-state index contributed by atoms with van der Waals surface area (Å²) in [5.41, 5.74) is 0.450. The number of sulfonamides is 1. The Kier molecular flexibility index (Phi) is 5.54. The van der Waals surface area contributed by atoms with E-state index in [9.17, 15) is 12.8 Å². The first-order chi connectivity index (χ1) is 8.03. The van der Waals surface area contributed by atoms with Crippen molar-refractivity contribution in [1.82, 2.24) is 10.0 Å². The Labute approximate surface area is 101 Å². The van der Waals surface area contributed by atoms with E-state index in [1.807, 2.05) is 0 Å². The summed E-state index contributed by atoms with van der Waals surface area (Å²) in [7, 11) is -1.57. The maximum atomic E-state index is 12.9. The van der Waals surface area contributed by atoms with Crippen molar-refractivity contribution in [1.29, 1.82) is 0 Å². The quantitative estimate of drug-likeness (QED) is 0.715. The highest BCUT2D eigenvalue weighted by atomic mass is 32.2. The molecular formula is C11H17FN2O2S. The molecule has 0 aliphatic heterocycles. The van der Waals surface area contributed by atoms with Gasteiger partial charge in [-0.25, -0.2) is 17.5 Å². The Balaban J connectivity index is 2.49. The molecule has 2 N–H and O–H groups in total. The highest BCUT2D eigenvalue weighted by molar-refractivity contribution is 7.88. The Morgan fingerprint density at radius 3 is 2.71 bits per heavy atom. The maximum absolute atomic E-state index is 12.9. The van der Waals surface area contributed by atoms with Gasteiger partial charge in [-0.3, -0.25) is 0 Å². The molecule has 0 aliphatic carbocycles. The van der Waals surface area contributed by atoms with E-state index in [0.29, 0.717) is 12.1 Å². The van der Waals surface area contributed by atoms with Crippen LogP contribution < -0.4 is 10.0 Å². The predicted molar refractivity (Wildman–Crippen MR) is 65.6 cm³/mol. The van der Waals surface area contributed by atoms with Crippen molar-refractivity contribution in [3.05, 3.63) is 35.6 Å². The van der Waals surface area contributed by atoms with Crippen molar-refractivity contribution < 1.29 is 12.8 Å². The zero-order valence-corrected chi connectivity index (χ0v) is 10.6. The molecule has 0 saturated carbocycles. The van der Waals surface area contributed by atoms with Gasteiger partial charge in [-0.15, -0.1) is 0 Å². The SMILES string of the molecule is CNCCCNS(=O)(=O)Cc1cccc(F)c1. The summed E-state index contributed by atoms with van der Waals surface area (Å²) in [6, 6.07) is 5.61. The molecule has 17 heavy (non-hydrogen) atoms. The Hall–Kier alpha value is -0.980. The number of hydrogen-bond acceptors (Lipinski definition) is 3. The number of rotatable bonds is 7. The summed E-state index contributed by atoms with van der Waals surface area (Å²) in [6.07, 6.45) is 0.721. The highest BCUT2D eigenvalue weighted by Gasteiger charge is 2.10. The Morgan fingerprint density at radius 2 is 2.06 bits per heavy atom. The van der Waals surface area contributed by atoms with Crippen molar-refractivity contribution in [3.8, 4) is 0 Å². The highest BCUT2D eigenvalue weighted by Crippen LogP contribution is 2.07. The third-order valence-electron chi connectivity index (χ3n) is 2.17. The van der Waals surface area contributed by atoms with Gasteiger partial charge in [-0.05, 0) is 37.7 Å². The molecule has 0 unspecified atom stereocenters. The van der Waals surface area contributed by atoms with Gasteiger partial charge < -0.3 is 5.32 Å². The topological polar surface area (TPSA) is 58.2 Å². The van der Waals surface area contributed by atoms with E-state index in [0.717, 1.165) is 13.0 Å². The van der Waals surface area contributed by atoms with E-state index >= 15 is 0 Å². The lowest BCUT2D eigenvalue weighted by Gasteiger charge is -2.06. The first-order valence-corrected chi connectivity index (χ1v) is 7.05. The van der Waals surface area contributed by atoms with E-state index in [4.69, 9.17) is 0 Å². The molecule has 0 radical (unpaired) electrons. The van der Waals surface area contributed by atoms with Gasteiger partial charge in [-0.2, -0.15) is 0 Å². The van der Waals surface area contributed by atoms with E-state index < -0.39 is 15.8 Å². The summed E-state index contributed by atoms with van der Waals surface area (Å²) in [5.74, 6) is -0.613. The molecule has 0 spiro atoms. The van der Waals surface area contributed by atoms with E-state index in [1.54, 1.807) is 13.1 Å². The summed E-state index contributed by atoms with van der Waals surface area (Å²) >= 11 is 0. The second kappa shape index (κ2) is 6.68. The van der Waals surface area contributed by atoms with Gasteiger partial charge in [0, 0.05) is 6.54 Å². The van der Waals surface area contributed by atoms with Crippen LogP contribution in [-0.2, 0) is 15.8 Å². The largest absolute Gasteiger partial charge is 0.320 e. The van der Waals surface area contributed by atoms with Crippen LogP contribution >= 0.6 is 0 Å². The summed E-state index contributed by atoms with van der Waals surface area (Å²) in [5, 5.41) is 2.93. The van der Waals surface area contributed by atoms with Crippen molar-refractivity contribution in [2.45, 2.75) is 12.2 Å². The first-order valence-electron chi connectivity index (χ1n) is 5.40. The van der Waals surface area contributed by atoms with Crippen LogP contribution in [0.3, 0.4) is 0 Å². The van der Waals surface area contributed by atoms with Crippen LogP contribution in [0.2, 0.25) is 0 Å². The minimum Gasteiger partial charge on any atom is -0.320 e. The van der Waals surface area contributed by atoms with Crippen molar-refractivity contribution in [3.63, 3.8) is 0 Å². The van der Waals surface area contributed by atoms with Crippen molar-refractivity contribution >= 4 is 10.0 Å². The van der Waals surface area contributed by atoms with Gasteiger partial charge in [0.1, 0.15) is 5.82 Å². The molecule has 0 amide bonds. The minimum atomic E-state index is -3.38. The van der Waals surface area contributed by atoms with Crippen LogP contribution in [0.5, 0.6) is 0 Å². The van der Waals surface area contributed by atoms with Crippen molar-refractivity contribution in [2.24, 2.45) is 0 Å². The molecular weight excluding hydrogens is 243 g/mol. The van der Waals surface area contributed by atoms with E-state index in [-0.39, 0.29) is 5.75 Å². The fourth-order valence-corrected chi connectivity index (χ4v) is 2.57. The maximum Gasteiger partial charge on any atom is 0.215 e. The monoisotopic (exact) mass is 260 g/mol. The van der Waals surface area contributed by atoms with Crippen molar-refractivity contribution in [2.75, 3.05) is 20.1 Å². The standard InChI is InChI=1S/C11H17FN2O2S/c1-13-6-3-7-14-17(15,16)9-10-4-2-5-11(12)8-10/h2,4-5,8,13-14H,3,6-7,9H2,1H3. The number of nitrogens with one attached hydrogen (secondary N) is 2. The fourth-order valence-electron chi connectivity index (χ4n) is 1.39. The fraction of sp³-hybridized carbons (Fsp3) is 0.455. The van der Waals surface area contributed by atoms with Gasteiger partial charge in [0.15, 0.2) is 0 Å². The molecule has 0 aliphatic rings. The molecule has 0 saturated heterocycles. The second-order valence-corrected chi connectivity index (χ2v) is 5.55. The Bertz CT molecular complexity index is 449. The lowest BCUT2D eigenvalue weighted by atomic mass is 10.2. The average Bonchev–Trinajstić information content (AvgIpc) is 2.24. The third kappa shape index (κ3) is 5.76. The number of benzene rings is 1. The third-order valence-corrected chi connectivity index (χ3v) is 3.53. The van der Waals surface area contributed by atoms with Gasteiger partial charge in [0.2, 0.25) is 10.0 Å². The lowest BCUT2D eigenvalue weighted by Crippen LogP contribution is -2.28. The lowest BCUT2D eigenvalue weighted by molar-refractivity contribution is 0.576. The van der Waals surface area contributed by atoms with Gasteiger partial charge >= 0.3 is 0 Å². The van der Waals surface area contributed by atoms with E-state index in [2.05, 4.69) is 10.0 Å². The van der Waals surface area contributed by atoms with Crippen LogP contribution in [0.4, 0.5) is 4.39 Å². The average molecular weight is 260 g/mol. The molecule has 0 aromatic heterocycles. The molecule has 0 bridgehead atoms. The Morgan fingerprint density at radius 1 is 1.29 bits per heavy atom. The van der Waals surface area contributed by atoms with Gasteiger partial charge in [-0.1, -0.05) is 12.1 Å². The molecule has 1 aromatic carbocycles. The zero-order chi connectivity index (χ0) is 12.7. The molecule has 4 nitrogen and oxygen atoms in total. The molecule has 0 atom stereocenters. The van der Waals surface area contributed by atoms with Crippen LogP contribution in [0.1, 0.15) is 12.0 Å². The van der Waals surface area contributed by atoms with Crippen LogP contribution in [0.15, 0.2) is 24.3 Å². The normalized spacial score (nSPS) is 11.6. The molecule has 0 heterocycles. The number of halogens is 1. The zero-order valence-electron chi connectivity index (χ0n) is 9.74. The molecule has 1 rings (SSSR count). The van der Waals surface area contributed by atoms with Crippen LogP contribution in [0.25, 0.3) is 0 Å². The van der Waals surface area contributed by atoms with Crippen LogP contribution in [0, 0.1) is 5.82 Å². The van der Waals surface area contributed by atoms with E-state index in [1.165, 1.54) is 18.2 Å². The second-order valence-electron chi connectivity index (χ2n) is 3.74. The summed E-state index contributed by atoms with van der Waals surface area (Å²) in [4.78, 5) is 0. The first kappa shape index (κ1) is 14.1. The van der Waals surface area contributed by atoms with Crippen LogP contribution in [-0.4, -0.2) is 28.6 Å². The molecule has 1 aromatic rings. The molecule has 0 fully saturated rings. The molecule has 96 valence electrons.